The van der Waals surface area contributed by atoms with Crippen molar-refractivity contribution in [1.82, 2.24) is 14.9 Å². The molecule has 0 aliphatic carbocycles. The second-order valence-electron chi connectivity index (χ2n) is 6.30. The Morgan fingerprint density at radius 3 is 2.32 bits per heavy atom. The number of ether oxygens (including phenoxy) is 1. The fraction of sp³-hybridized carbons (Fsp3) is 0.692. The topological polar surface area (TPSA) is 76.3 Å². The first-order valence-corrected chi connectivity index (χ1v) is 6.50. The van der Waals surface area contributed by atoms with E-state index in [1.165, 1.54) is 0 Å². The Kier molecular flexibility index (Phi) is 3.75. The van der Waals surface area contributed by atoms with E-state index in [2.05, 4.69) is 48.0 Å². The van der Waals surface area contributed by atoms with Crippen LogP contribution in [0.5, 0.6) is 0 Å². The number of hydrogen-bond donors (Lipinski definition) is 2. The predicted octanol–water partition coefficient (Wildman–Crippen LogP) is 1.15. The number of morpholine rings is 1. The minimum atomic E-state index is -0.145. The molecule has 2 rings (SSSR count). The number of nitrogens with zero attached hydrogens (tertiary/aromatic N) is 3. The van der Waals surface area contributed by atoms with E-state index in [-0.39, 0.29) is 11.2 Å². The Balaban J connectivity index is 2.05. The monoisotopic (exact) mass is 265 g/mol. The number of nitrogens with two attached hydrogens (primary N) is 1. The summed E-state index contributed by atoms with van der Waals surface area (Å²) in [6, 6.07) is 0. The van der Waals surface area contributed by atoms with Gasteiger partial charge in [-0.3, -0.25) is 9.88 Å². The molecule has 106 valence electrons. The van der Waals surface area contributed by atoms with Crippen LogP contribution in [-0.4, -0.2) is 39.2 Å². The molecule has 1 aromatic rings. The molecule has 3 N–H and O–H groups in total. The van der Waals surface area contributed by atoms with Gasteiger partial charge in [0.25, 0.3) is 0 Å². The van der Waals surface area contributed by atoms with Gasteiger partial charge in [0.1, 0.15) is 0 Å². The van der Waals surface area contributed by atoms with E-state index in [0.29, 0.717) is 5.82 Å². The van der Waals surface area contributed by atoms with Crippen molar-refractivity contribution in [3.05, 3.63) is 18.1 Å². The fourth-order valence-electron chi connectivity index (χ4n) is 2.80. The molecule has 0 unspecified atom stereocenters. The highest BCUT2D eigenvalue weighted by molar-refractivity contribution is 5.28. The standard InChI is InChI=1S/C13H23N5O/c1-12(2)8-18(9-13(3,4)19-12)7-10-5-16-11(17-14)6-15-10/h5-6H,7-9,14H2,1-4H3,(H,16,17). The molecule has 2 heterocycles. The first-order valence-electron chi connectivity index (χ1n) is 6.50. The quantitative estimate of drug-likeness (QED) is 0.631. The van der Waals surface area contributed by atoms with Crippen molar-refractivity contribution < 1.29 is 4.74 Å². The van der Waals surface area contributed by atoms with Crippen LogP contribution in [0.15, 0.2) is 12.4 Å². The van der Waals surface area contributed by atoms with E-state index in [9.17, 15) is 0 Å². The van der Waals surface area contributed by atoms with E-state index in [4.69, 9.17) is 10.6 Å². The van der Waals surface area contributed by atoms with Gasteiger partial charge in [-0.2, -0.15) is 0 Å². The first-order chi connectivity index (χ1) is 8.80. The Hall–Kier alpha value is -1.24. The molecule has 0 amide bonds. The molecule has 6 heteroatoms. The molecule has 1 aromatic heterocycles. The van der Waals surface area contributed by atoms with Crippen LogP contribution >= 0.6 is 0 Å². The third-order valence-corrected chi connectivity index (χ3v) is 3.00. The average molecular weight is 265 g/mol. The van der Waals surface area contributed by atoms with Gasteiger partial charge in [-0.25, -0.2) is 10.8 Å². The van der Waals surface area contributed by atoms with Crippen LogP contribution in [0.2, 0.25) is 0 Å². The van der Waals surface area contributed by atoms with Gasteiger partial charge in [-0.1, -0.05) is 0 Å². The molecule has 1 saturated heterocycles. The fourth-order valence-corrected chi connectivity index (χ4v) is 2.80. The lowest BCUT2D eigenvalue weighted by Crippen LogP contribution is -2.56. The van der Waals surface area contributed by atoms with Gasteiger partial charge in [0.15, 0.2) is 5.82 Å². The Morgan fingerprint density at radius 1 is 1.21 bits per heavy atom. The molecule has 1 fully saturated rings. The van der Waals surface area contributed by atoms with Gasteiger partial charge in [0.05, 0.1) is 29.3 Å². The van der Waals surface area contributed by atoms with E-state index in [1.807, 2.05) is 0 Å². The summed E-state index contributed by atoms with van der Waals surface area (Å²) in [5.74, 6) is 5.85. The Labute approximate surface area is 114 Å². The van der Waals surface area contributed by atoms with Crippen LogP contribution in [0.3, 0.4) is 0 Å². The summed E-state index contributed by atoms with van der Waals surface area (Å²) in [5.41, 5.74) is 3.12. The summed E-state index contributed by atoms with van der Waals surface area (Å²) in [4.78, 5) is 10.9. The van der Waals surface area contributed by atoms with Crippen molar-refractivity contribution in [2.75, 3.05) is 18.5 Å². The van der Waals surface area contributed by atoms with Gasteiger partial charge >= 0.3 is 0 Å². The molecule has 0 atom stereocenters. The van der Waals surface area contributed by atoms with Crippen LogP contribution in [0, 0.1) is 0 Å². The van der Waals surface area contributed by atoms with Crippen molar-refractivity contribution in [2.45, 2.75) is 45.4 Å². The molecule has 6 nitrogen and oxygen atoms in total. The predicted molar refractivity (Wildman–Crippen MR) is 74.4 cm³/mol. The summed E-state index contributed by atoms with van der Waals surface area (Å²) in [5, 5.41) is 0. The molecule has 1 aliphatic heterocycles. The minimum absolute atomic E-state index is 0.145. The van der Waals surface area contributed by atoms with Crippen molar-refractivity contribution in [3.63, 3.8) is 0 Å². The maximum Gasteiger partial charge on any atom is 0.158 e. The summed E-state index contributed by atoms with van der Waals surface area (Å²) < 4.78 is 6.06. The third-order valence-electron chi connectivity index (χ3n) is 3.00. The molecule has 0 saturated carbocycles. The Morgan fingerprint density at radius 2 is 1.84 bits per heavy atom. The van der Waals surface area contributed by atoms with E-state index in [0.717, 1.165) is 25.3 Å². The summed E-state index contributed by atoms with van der Waals surface area (Å²) in [7, 11) is 0. The summed E-state index contributed by atoms with van der Waals surface area (Å²) in [6.45, 7) is 11.0. The minimum Gasteiger partial charge on any atom is -0.367 e. The van der Waals surface area contributed by atoms with Crippen LogP contribution < -0.4 is 11.3 Å². The number of aromatic nitrogens is 2. The highest BCUT2D eigenvalue weighted by Crippen LogP contribution is 2.28. The van der Waals surface area contributed by atoms with Crippen LogP contribution in [0.25, 0.3) is 0 Å². The third kappa shape index (κ3) is 3.86. The SMILES string of the molecule is CC1(C)CN(Cc2cnc(NN)cn2)CC(C)(C)O1. The lowest BCUT2D eigenvalue weighted by molar-refractivity contribution is -0.182. The first kappa shape index (κ1) is 14.2. The van der Waals surface area contributed by atoms with Gasteiger partial charge in [0.2, 0.25) is 0 Å². The molecule has 19 heavy (non-hydrogen) atoms. The zero-order valence-electron chi connectivity index (χ0n) is 12.1. The second-order valence-corrected chi connectivity index (χ2v) is 6.30. The molecule has 0 spiro atoms. The zero-order chi connectivity index (χ0) is 14.1. The molecule has 0 aromatic carbocycles. The highest BCUT2D eigenvalue weighted by atomic mass is 16.5. The normalized spacial score (nSPS) is 22.2. The van der Waals surface area contributed by atoms with E-state index < -0.39 is 0 Å². The lowest BCUT2D eigenvalue weighted by atomic mass is 9.99. The maximum atomic E-state index is 6.06. The van der Waals surface area contributed by atoms with Crippen LogP contribution in [-0.2, 0) is 11.3 Å². The number of rotatable bonds is 3. The summed E-state index contributed by atoms with van der Waals surface area (Å²) >= 11 is 0. The van der Waals surface area contributed by atoms with Crippen LogP contribution in [0.1, 0.15) is 33.4 Å². The number of hydrazine groups is 1. The number of nitrogens with one attached hydrogen (secondary N) is 1. The Bertz CT molecular complexity index is 413. The van der Waals surface area contributed by atoms with E-state index in [1.54, 1.807) is 12.4 Å². The maximum absolute atomic E-state index is 6.06. The van der Waals surface area contributed by atoms with Gasteiger partial charge < -0.3 is 10.2 Å². The molecule has 0 bridgehead atoms. The summed E-state index contributed by atoms with van der Waals surface area (Å²) in [6.07, 6.45) is 3.40. The molecule has 1 aliphatic rings. The van der Waals surface area contributed by atoms with Crippen molar-refractivity contribution in [1.29, 1.82) is 0 Å². The van der Waals surface area contributed by atoms with Gasteiger partial charge in [0, 0.05) is 19.6 Å². The smallest absolute Gasteiger partial charge is 0.158 e. The van der Waals surface area contributed by atoms with Crippen molar-refractivity contribution >= 4 is 5.82 Å². The second kappa shape index (κ2) is 5.03. The van der Waals surface area contributed by atoms with Crippen molar-refractivity contribution in [3.8, 4) is 0 Å². The van der Waals surface area contributed by atoms with Crippen molar-refractivity contribution in [2.24, 2.45) is 5.84 Å². The average Bonchev–Trinajstić information content (AvgIpc) is 2.25. The highest BCUT2D eigenvalue weighted by Gasteiger charge is 2.38. The van der Waals surface area contributed by atoms with Crippen LogP contribution in [0.4, 0.5) is 5.82 Å². The number of nitrogen functional groups attached to an aromatic ring is 1. The molecular formula is C13H23N5O. The largest absolute Gasteiger partial charge is 0.367 e. The molecule has 0 radical (unpaired) electrons. The van der Waals surface area contributed by atoms with Gasteiger partial charge in [-0.05, 0) is 27.7 Å². The number of hydrogen-bond acceptors (Lipinski definition) is 6. The van der Waals surface area contributed by atoms with Gasteiger partial charge in [-0.15, -0.1) is 0 Å². The lowest BCUT2D eigenvalue weighted by Gasteiger charge is -2.47. The zero-order valence-corrected chi connectivity index (χ0v) is 12.1. The molecular weight excluding hydrogens is 242 g/mol. The van der Waals surface area contributed by atoms with E-state index >= 15 is 0 Å². The number of anilines is 1.